The van der Waals surface area contributed by atoms with Gasteiger partial charge in [-0.3, -0.25) is 0 Å². The third-order valence-electron chi connectivity index (χ3n) is 2.07. The Bertz CT molecular complexity index is 297. The summed E-state index contributed by atoms with van der Waals surface area (Å²) in [6.07, 6.45) is 0.579. The molecule has 1 N–H and O–H groups in total. The van der Waals surface area contributed by atoms with Crippen LogP contribution in [0.2, 0.25) is 5.02 Å². The van der Waals surface area contributed by atoms with Crippen molar-refractivity contribution in [3.05, 3.63) is 28.3 Å². The first kappa shape index (κ1) is 10.4. The fourth-order valence-corrected chi connectivity index (χ4v) is 1.49. The van der Waals surface area contributed by atoms with E-state index in [0.29, 0.717) is 11.4 Å². The summed E-state index contributed by atoms with van der Waals surface area (Å²) in [4.78, 5) is 0. The normalized spacial score (nSPS) is 10.2. The second-order valence-corrected chi connectivity index (χ2v) is 3.23. The van der Waals surface area contributed by atoms with Gasteiger partial charge in [0.1, 0.15) is 5.75 Å². The highest BCUT2D eigenvalue weighted by Crippen LogP contribution is 2.28. The molecule has 1 aromatic rings. The van der Waals surface area contributed by atoms with Gasteiger partial charge in [-0.15, -0.1) is 0 Å². The second kappa shape index (κ2) is 4.49. The number of halogens is 1. The van der Waals surface area contributed by atoms with Gasteiger partial charge in [0.15, 0.2) is 0 Å². The van der Waals surface area contributed by atoms with E-state index in [2.05, 4.69) is 0 Å². The van der Waals surface area contributed by atoms with Crippen LogP contribution in [0.15, 0.2) is 12.1 Å². The highest BCUT2D eigenvalue weighted by molar-refractivity contribution is 6.31. The van der Waals surface area contributed by atoms with Gasteiger partial charge in [-0.2, -0.15) is 0 Å². The number of hydrogen-bond donors (Lipinski definition) is 1. The molecule has 0 amide bonds. The first-order chi connectivity index (χ1) is 6.20. The van der Waals surface area contributed by atoms with Crippen LogP contribution < -0.4 is 4.74 Å². The number of rotatable bonds is 3. The number of ether oxygens (including phenoxy) is 1. The Morgan fingerprint density at radius 3 is 2.69 bits per heavy atom. The molecule has 1 rings (SSSR count). The molecule has 72 valence electrons. The first-order valence-electron chi connectivity index (χ1n) is 4.13. The first-order valence-corrected chi connectivity index (χ1v) is 4.51. The molecule has 0 bridgehead atoms. The van der Waals surface area contributed by atoms with Crippen molar-refractivity contribution < 1.29 is 9.84 Å². The zero-order chi connectivity index (χ0) is 9.84. The Kier molecular flexibility index (Phi) is 3.58. The molecule has 0 saturated heterocycles. The molecule has 0 spiro atoms. The monoisotopic (exact) mass is 200 g/mol. The molecule has 0 atom stereocenters. The van der Waals surface area contributed by atoms with E-state index >= 15 is 0 Å². The molecule has 0 aromatic heterocycles. The molecular weight excluding hydrogens is 188 g/mol. The lowest BCUT2D eigenvalue weighted by Crippen LogP contribution is -1.99. The summed E-state index contributed by atoms with van der Waals surface area (Å²) in [5.41, 5.74) is 1.97. The number of aliphatic hydroxyl groups is 1. The quantitative estimate of drug-likeness (QED) is 0.811. The average molecular weight is 201 g/mol. The SMILES string of the molecule is COc1ccc(Cl)c(C)c1CCO. The number of benzene rings is 1. The minimum absolute atomic E-state index is 0.109. The lowest BCUT2D eigenvalue weighted by atomic mass is 10.0. The number of methoxy groups -OCH3 is 1. The van der Waals surface area contributed by atoms with E-state index in [1.807, 2.05) is 13.0 Å². The van der Waals surface area contributed by atoms with Crippen LogP contribution in [0.3, 0.4) is 0 Å². The molecule has 0 aliphatic carbocycles. The fourth-order valence-electron chi connectivity index (χ4n) is 1.32. The van der Waals surface area contributed by atoms with Crippen LogP contribution in [0.25, 0.3) is 0 Å². The molecule has 0 radical (unpaired) electrons. The van der Waals surface area contributed by atoms with E-state index in [9.17, 15) is 0 Å². The van der Waals surface area contributed by atoms with E-state index < -0.39 is 0 Å². The molecule has 0 heterocycles. The predicted molar refractivity (Wildman–Crippen MR) is 53.5 cm³/mol. The minimum Gasteiger partial charge on any atom is -0.496 e. The maximum Gasteiger partial charge on any atom is 0.122 e. The van der Waals surface area contributed by atoms with Crippen LogP contribution >= 0.6 is 11.6 Å². The highest BCUT2D eigenvalue weighted by atomic mass is 35.5. The van der Waals surface area contributed by atoms with E-state index in [4.69, 9.17) is 21.4 Å². The maximum absolute atomic E-state index is 8.86. The van der Waals surface area contributed by atoms with Crippen LogP contribution in [0.4, 0.5) is 0 Å². The third-order valence-corrected chi connectivity index (χ3v) is 2.48. The van der Waals surface area contributed by atoms with Crippen LogP contribution in [0.1, 0.15) is 11.1 Å². The number of aliphatic hydroxyl groups excluding tert-OH is 1. The lowest BCUT2D eigenvalue weighted by Gasteiger charge is -2.11. The molecule has 0 fully saturated rings. The van der Waals surface area contributed by atoms with Gasteiger partial charge in [-0.05, 0) is 31.0 Å². The molecule has 0 saturated carbocycles. The van der Waals surface area contributed by atoms with Crippen molar-refractivity contribution in [3.8, 4) is 5.75 Å². The van der Waals surface area contributed by atoms with E-state index in [-0.39, 0.29) is 6.61 Å². The topological polar surface area (TPSA) is 29.5 Å². The van der Waals surface area contributed by atoms with Crippen molar-refractivity contribution in [2.24, 2.45) is 0 Å². The fraction of sp³-hybridized carbons (Fsp3) is 0.400. The van der Waals surface area contributed by atoms with Gasteiger partial charge < -0.3 is 9.84 Å². The molecule has 0 aliphatic heterocycles. The lowest BCUT2D eigenvalue weighted by molar-refractivity contribution is 0.296. The Balaban J connectivity index is 3.15. The molecule has 13 heavy (non-hydrogen) atoms. The molecule has 2 nitrogen and oxygen atoms in total. The molecule has 3 heteroatoms. The Hall–Kier alpha value is -0.730. The van der Waals surface area contributed by atoms with Crippen molar-refractivity contribution in [1.82, 2.24) is 0 Å². The van der Waals surface area contributed by atoms with E-state index in [0.717, 1.165) is 16.9 Å². The predicted octanol–water partition coefficient (Wildman–Crippen LogP) is 2.19. The zero-order valence-corrected chi connectivity index (χ0v) is 8.56. The van der Waals surface area contributed by atoms with Crippen LogP contribution in [0.5, 0.6) is 5.75 Å². The number of hydrogen-bond acceptors (Lipinski definition) is 2. The van der Waals surface area contributed by atoms with Gasteiger partial charge in [0.05, 0.1) is 7.11 Å². The third kappa shape index (κ3) is 2.14. The Morgan fingerprint density at radius 2 is 2.15 bits per heavy atom. The molecule has 1 aromatic carbocycles. The van der Waals surface area contributed by atoms with E-state index in [1.165, 1.54) is 0 Å². The van der Waals surface area contributed by atoms with Gasteiger partial charge in [0.25, 0.3) is 0 Å². The van der Waals surface area contributed by atoms with Crippen molar-refractivity contribution in [2.45, 2.75) is 13.3 Å². The molecular formula is C10H13ClO2. The second-order valence-electron chi connectivity index (χ2n) is 2.83. The van der Waals surface area contributed by atoms with Crippen LogP contribution in [-0.2, 0) is 6.42 Å². The highest BCUT2D eigenvalue weighted by Gasteiger charge is 2.08. The summed E-state index contributed by atoms with van der Waals surface area (Å²) in [6.45, 7) is 2.04. The maximum atomic E-state index is 8.86. The van der Waals surface area contributed by atoms with Gasteiger partial charge in [-0.1, -0.05) is 11.6 Å². The zero-order valence-electron chi connectivity index (χ0n) is 7.80. The largest absolute Gasteiger partial charge is 0.496 e. The van der Waals surface area contributed by atoms with Gasteiger partial charge >= 0.3 is 0 Å². The van der Waals surface area contributed by atoms with Gasteiger partial charge in [0.2, 0.25) is 0 Å². The molecule has 0 unspecified atom stereocenters. The van der Waals surface area contributed by atoms with Gasteiger partial charge in [0, 0.05) is 17.2 Å². The summed E-state index contributed by atoms with van der Waals surface area (Å²) in [5.74, 6) is 0.788. The molecule has 0 aliphatic rings. The smallest absolute Gasteiger partial charge is 0.122 e. The average Bonchev–Trinajstić information content (AvgIpc) is 2.14. The summed E-state index contributed by atoms with van der Waals surface area (Å²) < 4.78 is 5.16. The summed E-state index contributed by atoms with van der Waals surface area (Å²) in [7, 11) is 1.61. The summed E-state index contributed by atoms with van der Waals surface area (Å²) in [5, 5.41) is 9.57. The van der Waals surface area contributed by atoms with Crippen molar-refractivity contribution >= 4 is 11.6 Å². The van der Waals surface area contributed by atoms with Gasteiger partial charge in [-0.25, -0.2) is 0 Å². The summed E-state index contributed by atoms with van der Waals surface area (Å²) >= 11 is 5.94. The Morgan fingerprint density at radius 1 is 1.46 bits per heavy atom. The van der Waals surface area contributed by atoms with Crippen molar-refractivity contribution in [2.75, 3.05) is 13.7 Å². The Labute approximate surface area is 83.1 Å². The van der Waals surface area contributed by atoms with Crippen molar-refractivity contribution in [3.63, 3.8) is 0 Å². The standard InChI is InChI=1S/C10H13ClO2/c1-7-8(5-6-12)10(13-2)4-3-9(7)11/h3-4,12H,5-6H2,1-2H3. The van der Waals surface area contributed by atoms with E-state index in [1.54, 1.807) is 13.2 Å². The van der Waals surface area contributed by atoms with Crippen LogP contribution in [-0.4, -0.2) is 18.8 Å². The minimum atomic E-state index is 0.109. The van der Waals surface area contributed by atoms with Crippen LogP contribution in [0, 0.1) is 6.92 Å². The van der Waals surface area contributed by atoms with Crippen molar-refractivity contribution in [1.29, 1.82) is 0 Å². The summed E-state index contributed by atoms with van der Waals surface area (Å²) in [6, 6.07) is 3.62.